The number of esters is 1. The lowest BCUT2D eigenvalue weighted by Gasteiger charge is -2.32. The molecular formula is C17H18ClN3O5. The molecule has 0 aromatic heterocycles. The van der Waals surface area contributed by atoms with E-state index in [0.717, 1.165) is 25.3 Å². The minimum Gasteiger partial charge on any atom is -0.449 e. The average molecular weight is 380 g/mol. The van der Waals surface area contributed by atoms with Crippen molar-refractivity contribution in [3.05, 3.63) is 38.9 Å². The molecule has 1 fully saturated rings. The highest BCUT2D eigenvalue weighted by Gasteiger charge is 2.36. The molecule has 0 radical (unpaired) electrons. The van der Waals surface area contributed by atoms with Gasteiger partial charge in [0.2, 0.25) is 0 Å². The van der Waals surface area contributed by atoms with Gasteiger partial charge in [0.25, 0.3) is 11.6 Å². The van der Waals surface area contributed by atoms with Gasteiger partial charge >= 0.3 is 5.97 Å². The molecule has 0 heterocycles. The van der Waals surface area contributed by atoms with E-state index >= 15 is 0 Å². The molecule has 1 saturated carbocycles. The van der Waals surface area contributed by atoms with E-state index in [0.29, 0.717) is 12.8 Å². The number of ether oxygens (including phenoxy) is 1. The number of nitriles is 1. The fourth-order valence-corrected chi connectivity index (χ4v) is 3.03. The van der Waals surface area contributed by atoms with Gasteiger partial charge in [0.1, 0.15) is 11.1 Å². The Balaban J connectivity index is 2.08. The maximum absolute atomic E-state index is 12.3. The Bertz CT molecular complexity index is 768. The lowest BCUT2D eigenvalue weighted by atomic mass is 9.83. The van der Waals surface area contributed by atoms with Gasteiger partial charge < -0.3 is 10.1 Å². The molecule has 1 atom stereocenters. The number of halogens is 1. The third-order valence-corrected chi connectivity index (χ3v) is 4.55. The van der Waals surface area contributed by atoms with Crippen molar-refractivity contribution in [1.29, 1.82) is 5.26 Å². The smallest absolute Gasteiger partial charge is 0.345 e. The van der Waals surface area contributed by atoms with Crippen molar-refractivity contribution >= 4 is 29.2 Å². The van der Waals surface area contributed by atoms with Crippen LogP contribution in [0.15, 0.2) is 18.2 Å². The van der Waals surface area contributed by atoms with E-state index in [9.17, 15) is 25.0 Å². The molecule has 8 nitrogen and oxygen atoms in total. The van der Waals surface area contributed by atoms with Crippen LogP contribution in [0.4, 0.5) is 5.69 Å². The Morgan fingerprint density at radius 1 is 1.38 bits per heavy atom. The Hall–Kier alpha value is -2.66. The first kappa shape index (κ1) is 19.7. The van der Waals surface area contributed by atoms with Crippen LogP contribution < -0.4 is 5.32 Å². The zero-order valence-corrected chi connectivity index (χ0v) is 14.9. The number of nitro groups is 1. The second-order valence-electron chi connectivity index (χ2n) is 6.21. The van der Waals surface area contributed by atoms with E-state index in [-0.39, 0.29) is 10.6 Å². The monoisotopic (exact) mass is 379 g/mol. The highest BCUT2D eigenvalue weighted by atomic mass is 35.5. The number of hydrogen-bond acceptors (Lipinski definition) is 6. The van der Waals surface area contributed by atoms with E-state index in [2.05, 4.69) is 11.4 Å². The summed E-state index contributed by atoms with van der Waals surface area (Å²) in [4.78, 5) is 34.9. The number of nitro benzene ring substituents is 1. The fourth-order valence-electron chi connectivity index (χ4n) is 2.86. The van der Waals surface area contributed by atoms with Gasteiger partial charge in [-0.3, -0.25) is 14.9 Å². The SMILES string of the molecule is CC(OC(=O)c1ccc(Cl)cc1[N+](=O)[O-])C(=O)NC1(C#N)CCCCC1. The predicted molar refractivity (Wildman–Crippen MR) is 92.6 cm³/mol. The van der Waals surface area contributed by atoms with E-state index in [1.54, 1.807) is 0 Å². The number of amides is 1. The third kappa shape index (κ3) is 4.49. The zero-order chi connectivity index (χ0) is 19.3. The molecule has 0 saturated heterocycles. The standard InChI is InChI=1S/C17H18ClN3O5/c1-11(15(22)20-17(10-19)7-3-2-4-8-17)26-16(23)13-6-5-12(18)9-14(13)21(24)25/h5-6,9,11H,2-4,7-8H2,1H3,(H,20,22). The molecule has 138 valence electrons. The highest BCUT2D eigenvalue weighted by Crippen LogP contribution is 2.28. The van der Waals surface area contributed by atoms with Crippen molar-refractivity contribution in [2.45, 2.75) is 50.7 Å². The molecule has 1 aliphatic carbocycles. The van der Waals surface area contributed by atoms with Gasteiger partial charge in [-0.2, -0.15) is 5.26 Å². The average Bonchev–Trinajstić information content (AvgIpc) is 2.62. The number of hydrogen-bond donors (Lipinski definition) is 1. The van der Waals surface area contributed by atoms with Gasteiger partial charge in [-0.25, -0.2) is 4.79 Å². The maximum atomic E-state index is 12.3. The Labute approximate surface area is 155 Å². The Morgan fingerprint density at radius 2 is 2.04 bits per heavy atom. The molecule has 1 unspecified atom stereocenters. The zero-order valence-electron chi connectivity index (χ0n) is 14.2. The van der Waals surface area contributed by atoms with Crippen LogP contribution in [0, 0.1) is 21.4 Å². The summed E-state index contributed by atoms with van der Waals surface area (Å²) < 4.78 is 5.05. The van der Waals surface area contributed by atoms with Crippen LogP contribution in [0.2, 0.25) is 5.02 Å². The largest absolute Gasteiger partial charge is 0.449 e. The van der Waals surface area contributed by atoms with E-state index in [4.69, 9.17) is 16.3 Å². The summed E-state index contributed by atoms with van der Waals surface area (Å²) in [5.41, 5.74) is -1.76. The second-order valence-corrected chi connectivity index (χ2v) is 6.65. The summed E-state index contributed by atoms with van der Waals surface area (Å²) in [5, 5.41) is 23.2. The summed E-state index contributed by atoms with van der Waals surface area (Å²) in [6.45, 7) is 1.35. The minimum atomic E-state index is -1.20. The highest BCUT2D eigenvalue weighted by molar-refractivity contribution is 6.31. The number of carbonyl (C=O) groups excluding carboxylic acids is 2. The van der Waals surface area contributed by atoms with Crippen LogP contribution in [0.1, 0.15) is 49.4 Å². The number of nitrogens with zero attached hydrogens (tertiary/aromatic N) is 2. The summed E-state index contributed by atoms with van der Waals surface area (Å²) in [5.74, 6) is -1.62. The minimum absolute atomic E-state index is 0.104. The molecule has 0 bridgehead atoms. The van der Waals surface area contributed by atoms with E-state index < -0.39 is 34.1 Å². The molecule has 1 amide bonds. The van der Waals surface area contributed by atoms with Crippen LogP contribution in [-0.4, -0.2) is 28.4 Å². The van der Waals surface area contributed by atoms with Crippen molar-refractivity contribution in [2.75, 3.05) is 0 Å². The number of nitrogens with one attached hydrogen (secondary N) is 1. The van der Waals surface area contributed by atoms with Crippen molar-refractivity contribution in [3.8, 4) is 6.07 Å². The number of carbonyl (C=O) groups is 2. The Morgan fingerprint density at radius 3 is 2.62 bits per heavy atom. The maximum Gasteiger partial charge on any atom is 0.345 e. The third-order valence-electron chi connectivity index (χ3n) is 4.31. The molecule has 1 aliphatic rings. The first-order chi connectivity index (χ1) is 12.3. The van der Waals surface area contributed by atoms with Gasteiger partial charge in [-0.1, -0.05) is 30.9 Å². The van der Waals surface area contributed by atoms with E-state index in [1.807, 2.05) is 0 Å². The quantitative estimate of drug-likeness (QED) is 0.476. The van der Waals surface area contributed by atoms with Crippen LogP contribution in [0.3, 0.4) is 0 Å². The summed E-state index contributed by atoms with van der Waals surface area (Å²) in [7, 11) is 0. The van der Waals surface area contributed by atoms with Gasteiger partial charge in [0.05, 0.1) is 11.0 Å². The predicted octanol–water partition coefficient (Wildman–Crippen LogP) is 3.14. The van der Waals surface area contributed by atoms with Crippen molar-refractivity contribution < 1.29 is 19.2 Å². The van der Waals surface area contributed by atoms with Crippen LogP contribution in [-0.2, 0) is 9.53 Å². The van der Waals surface area contributed by atoms with E-state index in [1.165, 1.54) is 19.1 Å². The normalized spacial score (nSPS) is 16.8. The number of benzene rings is 1. The van der Waals surface area contributed by atoms with Crippen molar-refractivity contribution in [1.82, 2.24) is 5.32 Å². The first-order valence-electron chi connectivity index (χ1n) is 8.16. The lowest BCUT2D eigenvalue weighted by molar-refractivity contribution is -0.385. The first-order valence-corrected chi connectivity index (χ1v) is 8.54. The molecule has 1 N–H and O–H groups in total. The Kier molecular flexibility index (Phi) is 6.16. The van der Waals surface area contributed by atoms with Gasteiger partial charge in [-0.05, 0) is 31.9 Å². The van der Waals surface area contributed by atoms with Crippen molar-refractivity contribution in [2.24, 2.45) is 0 Å². The number of rotatable bonds is 5. The molecule has 1 aromatic carbocycles. The molecule has 1 aromatic rings. The molecule has 9 heteroatoms. The molecule has 26 heavy (non-hydrogen) atoms. The summed E-state index contributed by atoms with van der Waals surface area (Å²) in [6, 6.07) is 5.67. The van der Waals surface area contributed by atoms with Crippen molar-refractivity contribution in [3.63, 3.8) is 0 Å². The lowest BCUT2D eigenvalue weighted by Crippen LogP contribution is -2.52. The molecular weight excluding hydrogens is 362 g/mol. The molecule has 0 aliphatic heterocycles. The van der Waals surface area contributed by atoms with Crippen LogP contribution in [0.5, 0.6) is 0 Å². The van der Waals surface area contributed by atoms with Gasteiger partial charge in [0.15, 0.2) is 6.10 Å². The second kappa shape index (κ2) is 8.15. The van der Waals surface area contributed by atoms with Gasteiger partial charge in [0, 0.05) is 11.1 Å². The summed E-state index contributed by atoms with van der Waals surface area (Å²) >= 11 is 5.71. The van der Waals surface area contributed by atoms with Gasteiger partial charge in [-0.15, -0.1) is 0 Å². The molecule has 0 spiro atoms. The summed E-state index contributed by atoms with van der Waals surface area (Å²) in [6.07, 6.45) is 2.55. The fraction of sp³-hybridized carbons (Fsp3) is 0.471. The van der Waals surface area contributed by atoms with Crippen LogP contribution in [0.25, 0.3) is 0 Å². The topological polar surface area (TPSA) is 122 Å². The molecule has 2 rings (SSSR count). The van der Waals surface area contributed by atoms with Crippen LogP contribution >= 0.6 is 11.6 Å².